The van der Waals surface area contributed by atoms with Crippen LogP contribution < -0.4 is 16.4 Å². The number of carbonyl (C=O) groups is 2. The summed E-state index contributed by atoms with van der Waals surface area (Å²) >= 11 is 1.38. The highest BCUT2D eigenvalue weighted by molar-refractivity contribution is 7.12. The molecule has 142 valence electrons. The van der Waals surface area contributed by atoms with Gasteiger partial charge in [-0.15, -0.1) is 23.7 Å². The van der Waals surface area contributed by atoms with Crippen molar-refractivity contribution in [2.24, 2.45) is 5.73 Å². The predicted octanol–water partition coefficient (Wildman–Crippen LogP) is 3.23. The molecule has 0 aliphatic carbocycles. The lowest BCUT2D eigenvalue weighted by atomic mass is 9.99. The fourth-order valence-corrected chi connectivity index (χ4v) is 2.98. The first-order valence-corrected chi connectivity index (χ1v) is 9.29. The first-order valence-electron chi connectivity index (χ1n) is 8.41. The van der Waals surface area contributed by atoms with Crippen LogP contribution in [0, 0.1) is 0 Å². The van der Waals surface area contributed by atoms with Gasteiger partial charge in [0, 0.05) is 25.6 Å². The van der Waals surface area contributed by atoms with E-state index in [2.05, 4.69) is 36.6 Å². The average Bonchev–Trinajstić information content (AvgIpc) is 3.14. The van der Waals surface area contributed by atoms with Gasteiger partial charge in [0.1, 0.15) is 0 Å². The molecule has 2 rings (SSSR count). The highest BCUT2D eigenvalue weighted by Gasteiger charge is 2.10. The van der Waals surface area contributed by atoms with Crippen molar-refractivity contribution in [1.29, 1.82) is 0 Å². The molecule has 0 fully saturated rings. The summed E-state index contributed by atoms with van der Waals surface area (Å²) in [5.41, 5.74) is 8.39. The van der Waals surface area contributed by atoms with Crippen molar-refractivity contribution < 1.29 is 9.59 Å². The lowest BCUT2D eigenvalue weighted by Crippen LogP contribution is -2.34. The Bertz CT molecular complexity index is 687. The molecule has 26 heavy (non-hydrogen) atoms. The fraction of sp³-hybridized carbons (Fsp3) is 0.368. The van der Waals surface area contributed by atoms with E-state index < -0.39 is 0 Å². The Balaban J connectivity index is 0.00000338. The lowest BCUT2D eigenvalue weighted by Gasteiger charge is -2.14. The molecule has 1 heterocycles. The van der Waals surface area contributed by atoms with Crippen LogP contribution in [-0.2, 0) is 4.79 Å². The van der Waals surface area contributed by atoms with Crippen LogP contribution in [0.1, 0.15) is 53.0 Å². The topological polar surface area (TPSA) is 84.2 Å². The van der Waals surface area contributed by atoms with Gasteiger partial charge in [0.25, 0.3) is 5.91 Å². The number of hydrogen-bond donors (Lipinski definition) is 3. The number of nitrogens with one attached hydrogen (secondary N) is 2. The van der Waals surface area contributed by atoms with Gasteiger partial charge in [-0.05, 0) is 28.5 Å². The van der Waals surface area contributed by atoms with Crippen LogP contribution in [0.4, 0.5) is 0 Å². The van der Waals surface area contributed by atoms with Crippen LogP contribution in [0.25, 0.3) is 0 Å². The zero-order chi connectivity index (χ0) is 18.2. The van der Waals surface area contributed by atoms with Crippen molar-refractivity contribution in [3.05, 3.63) is 57.8 Å². The number of rotatable bonds is 8. The molecule has 0 aliphatic heterocycles. The maximum Gasteiger partial charge on any atom is 0.261 e. The van der Waals surface area contributed by atoms with E-state index in [0.29, 0.717) is 23.9 Å². The first kappa shape index (κ1) is 22.2. The van der Waals surface area contributed by atoms with Gasteiger partial charge in [-0.3, -0.25) is 9.59 Å². The maximum absolute atomic E-state index is 11.9. The summed E-state index contributed by atoms with van der Waals surface area (Å²) in [5, 5.41) is 7.39. The van der Waals surface area contributed by atoms with Crippen molar-refractivity contribution in [3.63, 3.8) is 0 Å². The van der Waals surface area contributed by atoms with Crippen molar-refractivity contribution in [2.75, 3.05) is 13.1 Å². The maximum atomic E-state index is 11.9. The second-order valence-electron chi connectivity index (χ2n) is 6.22. The third kappa shape index (κ3) is 6.78. The summed E-state index contributed by atoms with van der Waals surface area (Å²) < 4.78 is 0. The Morgan fingerprint density at radius 2 is 1.73 bits per heavy atom. The van der Waals surface area contributed by atoms with E-state index >= 15 is 0 Å². The summed E-state index contributed by atoms with van der Waals surface area (Å²) in [6.45, 7) is 4.97. The molecule has 2 aromatic rings. The molecule has 0 bridgehead atoms. The van der Waals surface area contributed by atoms with E-state index in [4.69, 9.17) is 5.73 Å². The second-order valence-corrected chi connectivity index (χ2v) is 7.16. The highest BCUT2D eigenvalue weighted by Crippen LogP contribution is 2.17. The molecule has 2 amide bonds. The third-order valence-corrected chi connectivity index (χ3v) is 4.80. The second kappa shape index (κ2) is 11.0. The lowest BCUT2D eigenvalue weighted by molar-refractivity contribution is -0.121. The molecule has 4 N–H and O–H groups in total. The normalized spacial score (nSPS) is 11.5. The standard InChI is InChI=1S/C19H25N3O2S.ClH/c1-13(2)14-5-7-15(8-6-14)16(20)12-22-18(23)9-10-21-19(24)17-4-3-11-25-17;/h3-8,11,13,16H,9-10,12,20H2,1-2H3,(H,21,24)(H,22,23);1H. The Labute approximate surface area is 164 Å². The number of hydrogen-bond acceptors (Lipinski definition) is 4. The van der Waals surface area contributed by atoms with E-state index in [1.54, 1.807) is 6.07 Å². The SMILES string of the molecule is CC(C)c1ccc(C(N)CNC(=O)CCNC(=O)c2cccs2)cc1.Cl. The van der Waals surface area contributed by atoms with E-state index in [1.807, 2.05) is 23.6 Å². The number of amides is 2. The van der Waals surface area contributed by atoms with E-state index in [0.717, 1.165) is 5.56 Å². The Kier molecular flexibility index (Phi) is 9.34. The Morgan fingerprint density at radius 1 is 1.08 bits per heavy atom. The van der Waals surface area contributed by atoms with Gasteiger partial charge in [-0.2, -0.15) is 0 Å². The van der Waals surface area contributed by atoms with Crippen molar-refractivity contribution in [3.8, 4) is 0 Å². The van der Waals surface area contributed by atoms with E-state index in [-0.39, 0.29) is 36.7 Å². The van der Waals surface area contributed by atoms with Gasteiger partial charge in [-0.25, -0.2) is 0 Å². The van der Waals surface area contributed by atoms with Gasteiger partial charge < -0.3 is 16.4 Å². The van der Waals surface area contributed by atoms with Gasteiger partial charge >= 0.3 is 0 Å². The van der Waals surface area contributed by atoms with Crippen molar-refractivity contribution in [1.82, 2.24) is 10.6 Å². The molecule has 0 saturated carbocycles. The van der Waals surface area contributed by atoms with E-state index in [9.17, 15) is 9.59 Å². The molecule has 0 radical (unpaired) electrons. The molecule has 1 unspecified atom stereocenters. The first-order chi connectivity index (χ1) is 12.0. The van der Waals surface area contributed by atoms with Gasteiger partial charge in [0.15, 0.2) is 0 Å². The van der Waals surface area contributed by atoms with Crippen LogP contribution in [-0.4, -0.2) is 24.9 Å². The molecule has 0 spiro atoms. The average molecular weight is 396 g/mol. The number of halogens is 1. The molecular weight excluding hydrogens is 370 g/mol. The monoisotopic (exact) mass is 395 g/mol. The molecule has 7 heteroatoms. The van der Waals surface area contributed by atoms with Crippen molar-refractivity contribution >= 4 is 35.6 Å². The summed E-state index contributed by atoms with van der Waals surface area (Å²) in [6, 6.07) is 11.5. The molecule has 1 aromatic carbocycles. The Morgan fingerprint density at radius 3 is 2.31 bits per heavy atom. The minimum Gasteiger partial charge on any atom is -0.354 e. The number of benzene rings is 1. The van der Waals surface area contributed by atoms with Crippen LogP contribution >= 0.6 is 23.7 Å². The molecule has 1 atom stereocenters. The van der Waals surface area contributed by atoms with E-state index in [1.165, 1.54) is 16.9 Å². The van der Waals surface area contributed by atoms with Crippen LogP contribution in [0.3, 0.4) is 0 Å². The minimum atomic E-state index is -0.245. The summed E-state index contributed by atoms with van der Waals surface area (Å²) in [4.78, 5) is 24.3. The zero-order valence-electron chi connectivity index (χ0n) is 15.0. The van der Waals surface area contributed by atoms with Gasteiger partial charge in [0.05, 0.1) is 4.88 Å². The molecule has 5 nitrogen and oxygen atoms in total. The zero-order valence-corrected chi connectivity index (χ0v) is 16.7. The number of carbonyl (C=O) groups excluding carboxylic acids is 2. The summed E-state index contributed by atoms with van der Waals surface area (Å²) in [7, 11) is 0. The Hall–Kier alpha value is -1.89. The van der Waals surface area contributed by atoms with Gasteiger partial charge in [-0.1, -0.05) is 44.2 Å². The summed E-state index contributed by atoms with van der Waals surface area (Å²) in [5.74, 6) is 0.208. The van der Waals surface area contributed by atoms with Gasteiger partial charge in [0.2, 0.25) is 5.91 Å². The fourth-order valence-electron chi connectivity index (χ4n) is 2.34. The smallest absolute Gasteiger partial charge is 0.261 e. The highest BCUT2D eigenvalue weighted by atomic mass is 35.5. The quantitative estimate of drug-likeness (QED) is 0.641. The number of nitrogens with two attached hydrogens (primary N) is 1. The summed E-state index contributed by atoms with van der Waals surface area (Å²) in [6.07, 6.45) is 0.232. The van der Waals surface area contributed by atoms with Crippen molar-refractivity contribution in [2.45, 2.75) is 32.2 Å². The largest absolute Gasteiger partial charge is 0.354 e. The number of thiophene rings is 1. The third-order valence-electron chi connectivity index (χ3n) is 3.93. The van der Waals surface area contributed by atoms with Crippen LogP contribution in [0.5, 0.6) is 0 Å². The van der Waals surface area contributed by atoms with Crippen LogP contribution in [0.15, 0.2) is 41.8 Å². The molecular formula is C19H26ClN3O2S. The minimum absolute atomic E-state index is 0. The molecule has 0 aliphatic rings. The molecule has 1 aromatic heterocycles. The van der Waals surface area contributed by atoms with Crippen LogP contribution in [0.2, 0.25) is 0 Å². The predicted molar refractivity (Wildman–Crippen MR) is 109 cm³/mol. The molecule has 0 saturated heterocycles.